The molecule has 1 heterocycles. The van der Waals surface area contributed by atoms with Crippen molar-refractivity contribution >= 4 is 17.7 Å². The molecule has 1 aromatic heterocycles. The maximum Gasteiger partial charge on any atom is 0.272 e. The van der Waals surface area contributed by atoms with E-state index in [0.29, 0.717) is 17.3 Å². The predicted molar refractivity (Wildman–Crippen MR) is 87.5 cm³/mol. The Morgan fingerprint density at radius 3 is 2.54 bits per heavy atom. The fourth-order valence-corrected chi connectivity index (χ4v) is 2.89. The fourth-order valence-electron chi connectivity index (χ4n) is 2.34. The van der Waals surface area contributed by atoms with Crippen LogP contribution in [0, 0.1) is 5.82 Å². The van der Waals surface area contributed by atoms with Crippen molar-refractivity contribution in [2.75, 3.05) is 19.3 Å². The number of rotatable bonds is 7. The number of hydrogen-bond acceptors (Lipinski definition) is 3. The second-order valence-corrected chi connectivity index (χ2v) is 5.86. The highest BCUT2D eigenvalue weighted by atomic mass is 32.2. The van der Waals surface area contributed by atoms with E-state index in [4.69, 9.17) is 0 Å². The average molecular weight is 357 g/mol. The van der Waals surface area contributed by atoms with Crippen LogP contribution in [0.5, 0.6) is 0 Å². The maximum absolute atomic E-state index is 13.2. The third kappa shape index (κ3) is 4.11. The van der Waals surface area contributed by atoms with Crippen molar-refractivity contribution in [3.8, 4) is 5.69 Å². The van der Waals surface area contributed by atoms with Crippen LogP contribution in [0.3, 0.4) is 0 Å². The predicted octanol–water partition coefficient (Wildman–Crippen LogP) is 3.85. The van der Waals surface area contributed by atoms with Gasteiger partial charge < -0.3 is 4.90 Å². The minimum absolute atomic E-state index is 0.181. The number of amides is 1. The highest BCUT2D eigenvalue weighted by Crippen LogP contribution is 2.23. The summed E-state index contributed by atoms with van der Waals surface area (Å²) in [6.45, 7) is 1.42. The van der Waals surface area contributed by atoms with Gasteiger partial charge in [-0.15, -0.1) is 0 Å². The van der Waals surface area contributed by atoms with E-state index in [1.807, 2.05) is 6.92 Å². The number of hydrogen-bond donors (Lipinski definition) is 0. The Hall–Kier alpha value is -1.96. The van der Waals surface area contributed by atoms with Crippen LogP contribution in [0.1, 0.15) is 23.8 Å². The van der Waals surface area contributed by atoms with Crippen molar-refractivity contribution in [2.45, 2.75) is 24.9 Å². The van der Waals surface area contributed by atoms with Crippen molar-refractivity contribution in [3.05, 3.63) is 42.0 Å². The van der Waals surface area contributed by atoms with E-state index in [1.54, 1.807) is 10.8 Å². The Morgan fingerprint density at radius 1 is 1.33 bits per heavy atom. The maximum atomic E-state index is 13.2. The van der Waals surface area contributed by atoms with Gasteiger partial charge in [0.25, 0.3) is 12.3 Å². The molecule has 0 fully saturated rings. The molecular weight excluding hydrogens is 339 g/mol. The molecule has 0 radical (unpaired) electrons. The molecule has 0 saturated heterocycles. The third-order valence-corrected chi connectivity index (χ3v) is 4.01. The minimum atomic E-state index is -2.61. The summed E-state index contributed by atoms with van der Waals surface area (Å²) in [5.41, 5.74) is 0.732. The van der Waals surface area contributed by atoms with Crippen molar-refractivity contribution < 1.29 is 18.0 Å². The second kappa shape index (κ2) is 8.23. The van der Waals surface area contributed by atoms with Crippen LogP contribution in [-0.4, -0.2) is 46.1 Å². The van der Waals surface area contributed by atoms with Gasteiger partial charge in [-0.25, -0.2) is 18.2 Å². The molecule has 0 spiro atoms. The van der Waals surface area contributed by atoms with E-state index in [9.17, 15) is 18.0 Å². The lowest BCUT2D eigenvalue weighted by Crippen LogP contribution is -2.36. The summed E-state index contributed by atoms with van der Waals surface area (Å²) in [4.78, 5) is 18.0. The van der Waals surface area contributed by atoms with Crippen LogP contribution < -0.4 is 0 Å². The number of alkyl halides is 2. The van der Waals surface area contributed by atoms with Gasteiger partial charge in [-0.2, -0.15) is 0 Å². The normalized spacial score (nSPS) is 11.1. The van der Waals surface area contributed by atoms with E-state index in [1.165, 1.54) is 42.2 Å². The highest BCUT2D eigenvalue weighted by Gasteiger charge is 2.24. The monoisotopic (exact) mass is 357 g/mol. The second-order valence-electron chi connectivity index (χ2n) is 5.08. The van der Waals surface area contributed by atoms with E-state index in [0.717, 1.165) is 4.90 Å². The fraction of sp³-hybridized carbons (Fsp3) is 0.375. The summed E-state index contributed by atoms with van der Waals surface area (Å²) < 4.78 is 40.2. The third-order valence-electron chi connectivity index (χ3n) is 3.36. The van der Waals surface area contributed by atoms with Gasteiger partial charge in [-0.3, -0.25) is 9.36 Å². The smallest absolute Gasteiger partial charge is 0.272 e. The number of halogens is 3. The Bertz CT molecular complexity index is 688. The lowest BCUT2D eigenvalue weighted by Gasteiger charge is -2.22. The lowest BCUT2D eigenvalue weighted by atomic mass is 10.3. The van der Waals surface area contributed by atoms with Crippen molar-refractivity contribution in [1.82, 2.24) is 14.5 Å². The Morgan fingerprint density at radius 2 is 2.00 bits per heavy atom. The number of imidazole rings is 1. The molecule has 4 nitrogen and oxygen atoms in total. The molecule has 130 valence electrons. The standard InChI is InChI=1S/C16H18F3N3OS/c1-3-8-21(10-14(18)19)15(23)13-9-20-16(24-2)22(13)12-6-4-11(17)5-7-12/h4-7,9,14H,3,8,10H2,1-2H3. The van der Waals surface area contributed by atoms with E-state index in [2.05, 4.69) is 4.98 Å². The molecule has 0 N–H and O–H groups in total. The summed E-state index contributed by atoms with van der Waals surface area (Å²) in [6.07, 6.45) is 1.12. The Kier molecular flexibility index (Phi) is 6.30. The molecular formula is C16H18F3N3OS. The molecule has 0 bridgehead atoms. The average Bonchev–Trinajstić information content (AvgIpc) is 2.98. The van der Waals surface area contributed by atoms with Gasteiger partial charge in [-0.1, -0.05) is 18.7 Å². The van der Waals surface area contributed by atoms with Gasteiger partial charge in [0.05, 0.1) is 12.7 Å². The first kappa shape index (κ1) is 18.4. The Balaban J connectivity index is 2.44. The number of aromatic nitrogens is 2. The summed E-state index contributed by atoms with van der Waals surface area (Å²) in [6, 6.07) is 5.59. The topological polar surface area (TPSA) is 38.1 Å². The van der Waals surface area contributed by atoms with Crippen LogP contribution in [-0.2, 0) is 0 Å². The van der Waals surface area contributed by atoms with Gasteiger partial charge >= 0.3 is 0 Å². The van der Waals surface area contributed by atoms with Crippen LogP contribution in [0.2, 0.25) is 0 Å². The lowest BCUT2D eigenvalue weighted by molar-refractivity contribution is 0.0548. The first-order valence-corrected chi connectivity index (χ1v) is 8.65. The van der Waals surface area contributed by atoms with Gasteiger partial charge in [0.15, 0.2) is 5.16 Å². The zero-order chi connectivity index (χ0) is 17.7. The molecule has 8 heteroatoms. The molecule has 0 unspecified atom stereocenters. The molecule has 2 aromatic rings. The van der Waals surface area contributed by atoms with Gasteiger partial charge in [0, 0.05) is 12.2 Å². The quantitative estimate of drug-likeness (QED) is 0.707. The van der Waals surface area contributed by atoms with Crippen LogP contribution >= 0.6 is 11.8 Å². The molecule has 0 saturated carbocycles. The SMILES string of the molecule is CCCN(CC(F)F)C(=O)c1cnc(SC)n1-c1ccc(F)cc1. The first-order valence-electron chi connectivity index (χ1n) is 7.43. The van der Waals surface area contributed by atoms with Crippen LogP contribution in [0.25, 0.3) is 5.69 Å². The molecule has 0 atom stereocenters. The number of carbonyl (C=O) groups is 1. The molecule has 24 heavy (non-hydrogen) atoms. The highest BCUT2D eigenvalue weighted by molar-refractivity contribution is 7.98. The van der Waals surface area contributed by atoms with Crippen LogP contribution in [0.4, 0.5) is 13.2 Å². The summed E-state index contributed by atoms with van der Waals surface area (Å²) in [7, 11) is 0. The number of carbonyl (C=O) groups excluding carboxylic acids is 1. The Labute approximate surface area is 142 Å². The number of thioether (sulfide) groups is 1. The van der Waals surface area contributed by atoms with E-state index < -0.39 is 24.7 Å². The van der Waals surface area contributed by atoms with Gasteiger partial charge in [0.1, 0.15) is 11.5 Å². The molecule has 2 rings (SSSR count). The summed E-state index contributed by atoms with van der Waals surface area (Å²) >= 11 is 1.31. The molecule has 0 aliphatic carbocycles. The van der Waals surface area contributed by atoms with Crippen LogP contribution in [0.15, 0.2) is 35.6 Å². The molecule has 1 aromatic carbocycles. The van der Waals surface area contributed by atoms with Crippen molar-refractivity contribution in [2.24, 2.45) is 0 Å². The van der Waals surface area contributed by atoms with Gasteiger partial charge in [0.2, 0.25) is 0 Å². The van der Waals surface area contributed by atoms with Gasteiger partial charge in [-0.05, 0) is 36.9 Å². The van der Waals surface area contributed by atoms with Crippen molar-refractivity contribution in [3.63, 3.8) is 0 Å². The zero-order valence-electron chi connectivity index (χ0n) is 13.4. The first-order chi connectivity index (χ1) is 11.5. The summed E-state index contributed by atoms with van der Waals surface area (Å²) in [5, 5.41) is 0.526. The van der Waals surface area contributed by atoms with Crippen molar-refractivity contribution in [1.29, 1.82) is 0 Å². The summed E-state index contributed by atoms with van der Waals surface area (Å²) in [5.74, 6) is -0.919. The number of benzene rings is 1. The molecule has 0 aliphatic rings. The number of nitrogens with zero attached hydrogens (tertiary/aromatic N) is 3. The van der Waals surface area contributed by atoms with E-state index in [-0.39, 0.29) is 12.2 Å². The largest absolute Gasteiger partial charge is 0.332 e. The van der Waals surface area contributed by atoms with E-state index >= 15 is 0 Å². The zero-order valence-corrected chi connectivity index (χ0v) is 14.2. The minimum Gasteiger partial charge on any atom is -0.332 e. The molecule has 1 amide bonds. The molecule has 0 aliphatic heterocycles.